The molecule has 7 aromatic rings. The smallest absolute Gasteiger partial charge is 0.242 e. The lowest BCUT2D eigenvalue weighted by Gasteiger charge is -2.15. The van der Waals surface area contributed by atoms with Gasteiger partial charge in [0.25, 0.3) is 23.8 Å². The van der Waals surface area contributed by atoms with Gasteiger partial charge in [0, 0.05) is 0 Å². The lowest BCUT2D eigenvalue weighted by molar-refractivity contribution is -0.142. The normalized spacial score (nSPS) is 13.0. The molecule has 10 nitrogen and oxygen atoms in total. The van der Waals surface area contributed by atoms with Gasteiger partial charge in [0.15, 0.2) is 0 Å². The Morgan fingerprint density at radius 2 is 0.738 bits per heavy atom. The number of rotatable bonds is 0. The molecule has 0 atom stereocenters. The minimum atomic E-state index is -5.34. The molecule has 2 aromatic carbocycles. The van der Waals surface area contributed by atoms with Crippen molar-refractivity contribution in [2.75, 3.05) is 0 Å². The third-order valence-electron chi connectivity index (χ3n) is 5.95. The Labute approximate surface area is 220 Å². The topological polar surface area (TPSA) is 129 Å². The molecule has 0 aliphatic rings. The van der Waals surface area contributed by atoms with E-state index < -0.39 is 114 Å². The van der Waals surface area contributed by atoms with E-state index in [-0.39, 0.29) is 6.07 Å². The Morgan fingerprint density at radius 3 is 1.10 bits per heavy atom. The number of nitrogens with zero attached hydrogens (tertiary/aromatic N) is 10. The molecule has 7 rings (SSSR count). The highest BCUT2D eigenvalue weighted by Gasteiger charge is 2.39. The van der Waals surface area contributed by atoms with Crippen LogP contribution in [-0.4, -0.2) is 49.8 Å². The molecule has 0 bridgehead atoms. The summed E-state index contributed by atoms with van der Waals surface area (Å²) in [6, 6.07) is 0.156. The van der Waals surface area contributed by atoms with Gasteiger partial charge in [-0.2, -0.15) is 63.8 Å². The lowest BCUT2D eigenvalue weighted by Crippen LogP contribution is -2.13. The van der Waals surface area contributed by atoms with Crippen molar-refractivity contribution in [3.05, 3.63) is 47.1 Å². The fraction of sp³-hybridized carbons (Fsp3) is 0.0909. The summed E-state index contributed by atoms with van der Waals surface area (Å²) in [5.74, 6) is -6.75. The molecule has 0 N–H and O–H groups in total. The van der Waals surface area contributed by atoms with E-state index in [1.807, 2.05) is 0 Å². The van der Waals surface area contributed by atoms with Crippen molar-refractivity contribution in [3.63, 3.8) is 0 Å². The average Bonchev–Trinajstić information content (AvgIpc) is 2.90. The van der Waals surface area contributed by atoms with Crippen LogP contribution in [0, 0.1) is 23.8 Å². The number of halogens is 10. The van der Waals surface area contributed by atoms with E-state index in [1.54, 1.807) is 0 Å². The molecular weight excluding hydrogens is 594 g/mol. The number of hydrogen-bond donors (Lipinski definition) is 0. The van der Waals surface area contributed by atoms with Crippen molar-refractivity contribution in [2.45, 2.75) is 12.4 Å². The minimum Gasteiger partial charge on any atom is -0.242 e. The SMILES string of the molecule is Fc1nc2nc3c4nc5cc(C(F)(F)F)cc(C(F)(F)F)c5nc4c4nc5nc(F)c(F)nc5nc4c3nc2nc1F. The second kappa shape index (κ2) is 8.13. The van der Waals surface area contributed by atoms with Crippen LogP contribution >= 0.6 is 0 Å². The largest absolute Gasteiger partial charge is 0.418 e. The Bertz CT molecular complexity index is 2340. The van der Waals surface area contributed by atoms with Crippen molar-refractivity contribution >= 4 is 66.7 Å². The van der Waals surface area contributed by atoms with Gasteiger partial charge in [-0.3, -0.25) is 0 Å². The van der Waals surface area contributed by atoms with Crippen LogP contribution in [0.3, 0.4) is 0 Å². The van der Waals surface area contributed by atoms with Gasteiger partial charge in [-0.15, -0.1) is 0 Å². The van der Waals surface area contributed by atoms with Crippen LogP contribution in [0.2, 0.25) is 0 Å². The van der Waals surface area contributed by atoms with E-state index in [0.29, 0.717) is 6.07 Å². The molecule has 0 unspecified atom stereocenters. The van der Waals surface area contributed by atoms with Crippen LogP contribution in [-0.2, 0) is 12.4 Å². The third-order valence-corrected chi connectivity index (χ3v) is 5.95. The van der Waals surface area contributed by atoms with E-state index >= 15 is 0 Å². The van der Waals surface area contributed by atoms with Gasteiger partial charge in [0.1, 0.15) is 38.6 Å². The second-order valence-corrected chi connectivity index (χ2v) is 8.55. The first-order valence-corrected chi connectivity index (χ1v) is 11.0. The number of benzene rings is 2. The summed E-state index contributed by atoms with van der Waals surface area (Å²) in [6.07, 6.45) is -10.6. The van der Waals surface area contributed by atoms with Crippen molar-refractivity contribution in [3.8, 4) is 0 Å². The summed E-state index contributed by atoms with van der Waals surface area (Å²) in [5.41, 5.74) is -10.8. The Hall–Kier alpha value is -5.30. The lowest BCUT2D eigenvalue weighted by atomic mass is 10.1. The predicted molar refractivity (Wildman–Crippen MR) is 119 cm³/mol. The molecule has 0 aliphatic carbocycles. The molecule has 0 fully saturated rings. The molecule has 42 heavy (non-hydrogen) atoms. The molecule has 0 amide bonds. The van der Waals surface area contributed by atoms with Gasteiger partial charge in [0.05, 0.1) is 16.6 Å². The molecule has 210 valence electrons. The third kappa shape index (κ3) is 3.74. The number of alkyl halides is 6. The molecular formula is C22H2F10N10. The highest BCUT2D eigenvalue weighted by molar-refractivity contribution is 6.20. The zero-order chi connectivity index (χ0) is 29.9. The summed E-state index contributed by atoms with van der Waals surface area (Å²) in [6.45, 7) is 0. The minimum absolute atomic E-state index is 0.156. The van der Waals surface area contributed by atoms with E-state index in [9.17, 15) is 43.9 Å². The molecule has 5 aromatic heterocycles. The monoisotopic (exact) mass is 596 g/mol. The van der Waals surface area contributed by atoms with Crippen LogP contribution < -0.4 is 0 Å². The maximum absolute atomic E-state index is 13.9. The quantitative estimate of drug-likeness (QED) is 0.132. The summed E-state index contributed by atoms with van der Waals surface area (Å²) in [7, 11) is 0. The van der Waals surface area contributed by atoms with Crippen LogP contribution in [0.5, 0.6) is 0 Å². The van der Waals surface area contributed by atoms with Crippen LogP contribution in [0.1, 0.15) is 11.1 Å². The summed E-state index contributed by atoms with van der Waals surface area (Å²) >= 11 is 0. The first-order valence-electron chi connectivity index (χ1n) is 11.0. The van der Waals surface area contributed by atoms with Crippen molar-refractivity contribution < 1.29 is 43.9 Å². The molecule has 0 spiro atoms. The first-order chi connectivity index (χ1) is 19.7. The standard InChI is InChI=1S/C22H2F10N10/c23-13-15(25)41-19-17(39-13)35-9-7-8(10-12(11(9)37-19)38-20-18(36-10)40-14(24)16(26)42-20)34-6-4(22(30,31)32)1-3(21(27,28)29)2-5(6)33-7/h1-2H. The molecule has 0 saturated carbocycles. The summed E-state index contributed by atoms with van der Waals surface area (Å²) in [5, 5.41) is 0. The molecule has 0 saturated heterocycles. The maximum Gasteiger partial charge on any atom is 0.418 e. The second-order valence-electron chi connectivity index (χ2n) is 8.55. The Kier molecular flexibility index (Phi) is 4.97. The van der Waals surface area contributed by atoms with E-state index in [0.717, 1.165) is 0 Å². The molecule has 5 heterocycles. The van der Waals surface area contributed by atoms with Crippen LogP contribution in [0.25, 0.3) is 66.7 Å². The van der Waals surface area contributed by atoms with Gasteiger partial charge in [0.2, 0.25) is 22.6 Å². The number of aromatic nitrogens is 10. The van der Waals surface area contributed by atoms with E-state index in [2.05, 4.69) is 49.8 Å². The van der Waals surface area contributed by atoms with Gasteiger partial charge >= 0.3 is 12.4 Å². The fourth-order valence-corrected chi connectivity index (χ4v) is 4.22. The van der Waals surface area contributed by atoms with Gasteiger partial charge in [-0.05, 0) is 12.1 Å². The summed E-state index contributed by atoms with van der Waals surface area (Å²) in [4.78, 5) is 36.9. The molecule has 0 radical (unpaired) electrons. The van der Waals surface area contributed by atoms with Crippen LogP contribution in [0.4, 0.5) is 43.9 Å². The number of hydrogen-bond acceptors (Lipinski definition) is 10. The van der Waals surface area contributed by atoms with Gasteiger partial charge in [-0.1, -0.05) is 0 Å². The van der Waals surface area contributed by atoms with Crippen LogP contribution in [0.15, 0.2) is 12.1 Å². The van der Waals surface area contributed by atoms with Gasteiger partial charge < -0.3 is 0 Å². The Morgan fingerprint density at radius 1 is 0.381 bits per heavy atom. The molecule has 20 heteroatoms. The fourth-order valence-electron chi connectivity index (χ4n) is 4.22. The molecule has 0 aliphatic heterocycles. The van der Waals surface area contributed by atoms with Crippen molar-refractivity contribution in [2.24, 2.45) is 0 Å². The van der Waals surface area contributed by atoms with Crippen molar-refractivity contribution in [1.29, 1.82) is 0 Å². The highest BCUT2D eigenvalue weighted by Crippen LogP contribution is 2.41. The Balaban J connectivity index is 1.75. The maximum atomic E-state index is 13.9. The predicted octanol–water partition coefficient (Wildman–Crippen LogP) is 5.15. The zero-order valence-corrected chi connectivity index (χ0v) is 19.4. The van der Waals surface area contributed by atoms with E-state index in [4.69, 9.17) is 0 Å². The highest BCUT2D eigenvalue weighted by atomic mass is 19.4. The zero-order valence-electron chi connectivity index (χ0n) is 19.4. The van der Waals surface area contributed by atoms with Gasteiger partial charge in [-0.25, -0.2) is 29.9 Å². The average molecular weight is 596 g/mol. The summed E-state index contributed by atoms with van der Waals surface area (Å²) < 4.78 is 138. The number of fused-ring (bicyclic) bond motifs is 9. The first kappa shape index (κ1) is 25.7. The van der Waals surface area contributed by atoms with E-state index in [1.165, 1.54) is 0 Å². The van der Waals surface area contributed by atoms with Crippen molar-refractivity contribution in [1.82, 2.24) is 49.8 Å².